The van der Waals surface area contributed by atoms with Gasteiger partial charge in [0.1, 0.15) is 44.6 Å². The van der Waals surface area contributed by atoms with Gasteiger partial charge in [0.05, 0.1) is 46.4 Å². The fourth-order valence-electron chi connectivity index (χ4n) is 10.5. The van der Waals surface area contributed by atoms with Crippen LogP contribution >= 0.6 is 45.8 Å². The maximum atomic E-state index is 13.0. The molecule has 17 rings (SSSR count). The first kappa shape index (κ1) is 82.4. The molecule has 1 aliphatic carbocycles. The number of pyridine rings is 1. The minimum Gasteiger partial charge on any atom is -0.428 e. The highest BCUT2D eigenvalue weighted by atomic mass is 32.2. The van der Waals surface area contributed by atoms with Gasteiger partial charge in [-0.05, 0) is 136 Å². The van der Waals surface area contributed by atoms with Crippen molar-refractivity contribution in [3.8, 4) is 29.2 Å². The van der Waals surface area contributed by atoms with Crippen LogP contribution in [0.1, 0.15) is 91.0 Å². The lowest BCUT2D eigenvalue weighted by Gasteiger charge is -2.20. The summed E-state index contributed by atoms with van der Waals surface area (Å²) >= 11 is 5.93. The summed E-state index contributed by atoms with van der Waals surface area (Å²) in [5.74, 6) is 7.62. The summed E-state index contributed by atoms with van der Waals surface area (Å²) in [5.41, 5.74) is 11.9. The van der Waals surface area contributed by atoms with Gasteiger partial charge in [0, 0.05) is 74.0 Å². The Morgan fingerprint density at radius 1 is 0.613 bits per heavy atom. The molecule has 0 atom stereocenters. The number of halogens is 1. The number of hydrogen-bond donors (Lipinski definition) is 6. The molecule has 11 aromatic heterocycles. The average molecular weight is 1670 g/mol. The van der Waals surface area contributed by atoms with Crippen molar-refractivity contribution in [2.24, 2.45) is 0 Å². The van der Waals surface area contributed by atoms with Crippen LogP contribution in [0.4, 0.5) is 84.6 Å². The summed E-state index contributed by atoms with van der Waals surface area (Å²) in [7, 11) is 3.72. The molecule has 16 aromatic rings. The van der Waals surface area contributed by atoms with E-state index in [0.29, 0.717) is 98.8 Å². The second-order valence-corrected chi connectivity index (χ2v) is 29.1. The Kier molecular flexibility index (Phi) is 28.8. The molecule has 0 saturated heterocycles. The molecule has 0 spiro atoms. The standard InChI is InChI=1S/C18H12N8O.C16H14FN5OS.C16H18N6O.C15H17N7S.C14H14N6S2/c19-9-13-5-3-12(4-6-13)8-15-22-16(14-2-1-7-20-10-14)24-17(23-15)25-18-26-21-11-27-18;1-9-19-15(21-14-13(10-2-3-10)18-8-24-14)22-16(20-9)23-12-6-4-11(17)5-7-12;1-2-22(9-8-13-6-4-3-5-7-13)16-20-14(10-18-21-16)19-15-11-17-12-23-15;1-10(2)12-17-13(20-15-21-16-9-23-15)19-14(18-12)22(3)11-7-5-4-6-8-11;1-9-11(21-8-16-9)17-13-18-12(15-2)19-14(20-13)22-10-6-4-3-5-7-10/h1-7,10-11H,8H2,(H,22,23,24,25,26);4-8,10H,2-3H2,1H3,(H,19,20,21,22);3-7,10-12H,2,8-9H2,1H3,(H,19,20,21);4-10H,1-3H3,(H,17,18,19,20,21);3-8H,1-2H3,(H2,15,17,18,19,20). The monoisotopic (exact) mass is 1670 g/mol. The molecule has 600 valence electrons. The topological polar surface area (TPSA) is 434 Å². The highest BCUT2D eigenvalue weighted by Gasteiger charge is 2.29. The summed E-state index contributed by atoms with van der Waals surface area (Å²) in [6.07, 6.45) is 12.8. The smallest absolute Gasteiger partial charge is 0.327 e. The van der Waals surface area contributed by atoms with Gasteiger partial charge in [-0.1, -0.05) is 109 Å². The van der Waals surface area contributed by atoms with E-state index in [9.17, 15) is 4.39 Å². The maximum Gasteiger partial charge on any atom is 0.327 e. The second kappa shape index (κ2) is 41.6. The summed E-state index contributed by atoms with van der Waals surface area (Å²) in [5, 5.41) is 53.7. The van der Waals surface area contributed by atoms with Crippen LogP contribution in [0.15, 0.2) is 225 Å². The van der Waals surface area contributed by atoms with Gasteiger partial charge >= 0.3 is 12.0 Å². The lowest BCUT2D eigenvalue weighted by atomic mass is 10.1. The van der Waals surface area contributed by atoms with Crippen LogP contribution in [-0.4, -0.2) is 143 Å². The SMILES string of the molecule is CC(C)c1nc(Nc2nncs2)nc(N(C)c2ccccc2)n1.CCN(CCc1ccccc1)c1nncc(Nc2cnco2)n1.CNc1nc(Nc2scnc2C)nc(Sc2ccccc2)n1.Cc1nc(Nc2scnc2C2CC2)nc(Oc2ccc(F)cc2)n1.N#Cc1ccc(Cc2nc(Nc3nnco3)nc(-c3cccnc3)n2)cc1. The number of oxazole rings is 1. The lowest BCUT2D eigenvalue weighted by molar-refractivity contribution is 0.437. The first-order valence-electron chi connectivity index (χ1n) is 36.8. The van der Waals surface area contributed by atoms with Gasteiger partial charge in [-0.15, -0.1) is 43.1 Å². The molecule has 0 amide bonds. The van der Waals surface area contributed by atoms with Crippen molar-refractivity contribution in [3.05, 3.63) is 257 Å². The number of aromatic nitrogens is 23. The van der Waals surface area contributed by atoms with E-state index in [1.165, 1.54) is 101 Å². The number of rotatable bonds is 27. The predicted molar refractivity (Wildman–Crippen MR) is 452 cm³/mol. The Hall–Kier alpha value is -14.6. The van der Waals surface area contributed by atoms with Crippen molar-refractivity contribution in [2.45, 2.75) is 82.2 Å². The Morgan fingerprint density at radius 3 is 2.04 bits per heavy atom. The first-order chi connectivity index (χ1) is 58.2. The number of likely N-dealkylation sites (N-methyl/N-ethyl adjacent to an activating group) is 1. The molecule has 6 N–H and O–H groups in total. The van der Waals surface area contributed by atoms with Gasteiger partial charge in [-0.25, -0.2) is 24.3 Å². The number of hydrogen-bond acceptors (Lipinski definition) is 39. The molecule has 0 bridgehead atoms. The molecule has 0 radical (unpaired) electrons. The van der Waals surface area contributed by atoms with Crippen LogP contribution in [0.25, 0.3) is 11.4 Å². The van der Waals surface area contributed by atoms with E-state index in [2.05, 4.69) is 191 Å². The van der Waals surface area contributed by atoms with Gasteiger partial charge < -0.3 is 44.6 Å². The number of aryl methyl sites for hydroxylation is 2. The number of anilines is 14. The van der Waals surface area contributed by atoms with Gasteiger partial charge in [0.25, 0.3) is 0 Å². The molecule has 0 unspecified atom stereocenters. The average Bonchev–Trinajstić information content (AvgIpc) is 1.71. The van der Waals surface area contributed by atoms with E-state index in [-0.39, 0.29) is 29.7 Å². The van der Waals surface area contributed by atoms with E-state index in [1.807, 2.05) is 128 Å². The first-order valence-corrected chi connectivity index (χ1v) is 40.3. The Balaban J connectivity index is 0.000000129. The fraction of sp³-hybridized carbons (Fsp3) is 0.190. The van der Waals surface area contributed by atoms with E-state index < -0.39 is 0 Å². The van der Waals surface area contributed by atoms with Crippen LogP contribution in [0.5, 0.6) is 11.8 Å². The minimum atomic E-state index is -0.325. The molecule has 35 nitrogen and oxygen atoms in total. The van der Waals surface area contributed by atoms with Crippen molar-refractivity contribution >= 4 is 126 Å². The Labute approximate surface area is 697 Å². The number of ether oxygens (including phenoxy) is 1. The number of nitriles is 1. The largest absolute Gasteiger partial charge is 0.428 e. The summed E-state index contributed by atoms with van der Waals surface area (Å²) in [6, 6.07) is 49.4. The lowest BCUT2D eigenvalue weighted by Crippen LogP contribution is -2.27. The van der Waals surface area contributed by atoms with E-state index in [0.717, 1.165) is 68.4 Å². The van der Waals surface area contributed by atoms with Gasteiger partial charge in [0.15, 0.2) is 23.2 Å². The molecule has 40 heteroatoms. The quantitative estimate of drug-likeness (QED) is 0.0278. The normalized spacial score (nSPS) is 11.2. The van der Waals surface area contributed by atoms with Crippen LogP contribution in [-0.2, 0) is 12.8 Å². The molecule has 5 aromatic carbocycles. The van der Waals surface area contributed by atoms with Crippen LogP contribution in [0.2, 0.25) is 0 Å². The van der Waals surface area contributed by atoms with Crippen molar-refractivity contribution in [1.29, 1.82) is 5.26 Å². The fourth-order valence-corrected chi connectivity index (χ4v) is 13.1. The third-order valence-electron chi connectivity index (χ3n) is 16.5. The Morgan fingerprint density at radius 2 is 1.35 bits per heavy atom. The second-order valence-electron chi connectivity index (χ2n) is 25.5. The number of thiazole rings is 2. The van der Waals surface area contributed by atoms with Crippen LogP contribution in [0.3, 0.4) is 0 Å². The van der Waals surface area contributed by atoms with Crippen molar-refractivity contribution < 1.29 is 18.0 Å². The maximum absolute atomic E-state index is 13.0. The van der Waals surface area contributed by atoms with Crippen molar-refractivity contribution in [1.82, 2.24) is 115 Å². The van der Waals surface area contributed by atoms with E-state index in [1.54, 1.807) is 61.9 Å². The molecular weight excluding hydrogens is 1590 g/mol. The predicted octanol–water partition coefficient (Wildman–Crippen LogP) is 16.3. The number of nitrogens with one attached hydrogen (secondary N) is 6. The van der Waals surface area contributed by atoms with Crippen LogP contribution in [0, 0.1) is 31.0 Å². The Bertz CT molecular complexity index is 5830. The van der Waals surface area contributed by atoms with E-state index >= 15 is 0 Å². The molecule has 11 heterocycles. The number of para-hydroxylation sites is 1. The highest BCUT2D eigenvalue weighted by Crippen LogP contribution is 2.44. The molecule has 1 saturated carbocycles. The third-order valence-corrected chi connectivity index (χ3v) is 19.6. The number of nitrogens with zero attached hydrogens (tertiary/aromatic N) is 26. The molecular formula is C79H75FN32O3S4. The molecule has 119 heavy (non-hydrogen) atoms. The number of benzene rings is 5. The summed E-state index contributed by atoms with van der Waals surface area (Å²) < 4.78 is 28.8. The van der Waals surface area contributed by atoms with Gasteiger partial charge in [-0.2, -0.15) is 70.2 Å². The van der Waals surface area contributed by atoms with E-state index in [4.69, 9.17) is 18.8 Å². The van der Waals surface area contributed by atoms with Crippen LogP contribution < -0.4 is 46.4 Å². The zero-order valence-electron chi connectivity index (χ0n) is 64.9. The minimum absolute atomic E-state index is 0.161. The van der Waals surface area contributed by atoms with Crippen molar-refractivity contribution in [3.63, 3.8) is 0 Å². The molecule has 1 fully saturated rings. The molecule has 1 aliphatic rings. The highest BCUT2D eigenvalue weighted by molar-refractivity contribution is 7.99. The van der Waals surface area contributed by atoms with Gasteiger partial charge in [-0.3, -0.25) is 15.6 Å². The summed E-state index contributed by atoms with van der Waals surface area (Å²) in [4.78, 5) is 79.0. The van der Waals surface area contributed by atoms with Crippen molar-refractivity contribution in [2.75, 3.05) is 68.9 Å². The zero-order chi connectivity index (χ0) is 82.5. The van der Waals surface area contributed by atoms with Gasteiger partial charge in [0.2, 0.25) is 59.0 Å². The summed E-state index contributed by atoms with van der Waals surface area (Å²) in [6.45, 7) is 11.5. The molecule has 0 aliphatic heterocycles. The zero-order valence-corrected chi connectivity index (χ0v) is 68.2. The third kappa shape index (κ3) is 25.0.